The zero-order valence-electron chi connectivity index (χ0n) is 16.2. The number of anilines is 1. The van der Waals surface area contributed by atoms with Crippen molar-refractivity contribution < 1.29 is 14.3 Å². The molecule has 0 aliphatic carbocycles. The number of hydrogen-bond donors (Lipinski definition) is 2. The number of ether oxygens (including phenoxy) is 1. The van der Waals surface area contributed by atoms with Gasteiger partial charge in [0.2, 0.25) is 11.8 Å². The van der Waals surface area contributed by atoms with Gasteiger partial charge in [-0.3, -0.25) is 9.59 Å². The largest absolute Gasteiger partial charge is 0.494 e. The number of benzene rings is 2. The zero-order valence-corrected chi connectivity index (χ0v) is 17.0. The van der Waals surface area contributed by atoms with Crippen molar-refractivity contribution in [1.29, 1.82) is 0 Å². The summed E-state index contributed by atoms with van der Waals surface area (Å²) in [5, 5.41) is 13.5. The van der Waals surface area contributed by atoms with Crippen LogP contribution >= 0.6 is 11.8 Å². The van der Waals surface area contributed by atoms with Crippen molar-refractivity contribution in [3.8, 4) is 5.75 Å². The molecule has 8 heteroatoms. The summed E-state index contributed by atoms with van der Waals surface area (Å²) in [5.74, 6) is 0.213. The molecule has 1 saturated heterocycles. The quantitative estimate of drug-likeness (QED) is 0.564. The van der Waals surface area contributed by atoms with Crippen LogP contribution in [-0.4, -0.2) is 34.6 Å². The summed E-state index contributed by atoms with van der Waals surface area (Å²) in [4.78, 5) is 24.6. The summed E-state index contributed by atoms with van der Waals surface area (Å²) in [6.07, 6.45) is 0.0773. The predicted molar refractivity (Wildman–Crippen MR) is 116 cm³/mol. The number of nitrogens with one attached hydrogen (secondary N) is 2. The highest BCUT2D eigenvalue weighted by molar-refractivity contribution is 8.15. The van der Waals surface area contributed by atoms with Crippen LogP contribution in [0.5, 0.6) is 5.75 Å². The van der Waals surface area contributed by atoms with Crippen LogP contribution in [0.25, 0.3) is 0 Å². The van der Waals surface area contributed by atoms with Gasteiger partial charge in [0, 0.05) is 12.1 Å². The Morgan fingerprint density at radius 3 is 2.62 bits per heavy atom. The lowest BCUT2D eigenvalue weighted by Gasteiger charge is -2.21. The van der Waals surface area contributed by atoms with Crippen molar-refractivity contribution in [2.75, 3.05) is 11.9 Å². The maximum absolute atomic E-state index is 12.6. The fourth-order valence-electron chi connectivity index (χ4n) is 2.62. The number of thioether (sulfide) groups is 1. The first-order valence-corrected chi connectivity index (χ1v) is 10.1. The molecule has 1 aliphatic rings. The van der Waals surface area contributed by atoms with E-state index in [1.807, 2.05) is 44.2 Å². The van der Waals surface area contributed by atoms with Gasteiger partial charge in [0.1, 0.15) is 11.0 Å². The highest BCUT2D eigenvalue weighted by Gasteiger charge is 2.30. The second-order valence-electron chi connectivity index (χ2n) is 6.26. The number of amides is 2. The summed E-state index contributed by atoms with van der Waals surface area (Å²) in [5.41, 5.74) is 2.30. The first kappa shape index (κ1) is 20.6. The molecule has 1 aliphatic heterocycles. The molecule has 0 unspecified atom stereocenters. The fraction of sp³-hybridized carbons (Fsp3) is 0.238. The van der Waals surface area contributed by atoms with E-state index in [9.17, 15) is 9.59 Å². The molecule has 2 aromatic carbocycles. The smallest absolute Gasteiger partial charge is 0.238 e. The minimum atomic E-state index is -0.582. The summed E-state index contributed by atoms with van der Waals surface area (Å²) in [7, 11) is 0. The maximum Gasteiger partial charge on any atom is 0.238 e. The topological polar surface area (TPSA) is 92.1 Å². The third kappa shape index (κ3) is 5.92. The van der Waals surface area contributed by atoms with Gasteiger partial charge in [-0.2, -0.15) is 5.10 Å². The van der Waals surface area contributed by atoms with E-state index >= 15 is 0 Å². The molecular formula is C21H22N4O3S. The summed E-state index contributed by atoms with van der Waals surface area (Å²) in [6.45, 7) is 4.32. The van der Waals surface area contributed by atoms with E-state index in [0.717, 1.165) is 11.3 Å². The van der Waals surface area contributed by atoms with E-state index in [0.29, 0.717) is 23.2 Å². The third-order valence-corrected chi connectivity index (χ3v) is 5.15. The van der Waals surface area contributed by atoms with Gasteiger partial charge in [-0.1, -0.05) is 42.1 Å². The fourth-order valence-corrected chi connectivity index (χ4v) is 3.55. The van der Waals surface area contributed by atoms with E-state index < -0.39 is 5.25 Å². The SMILES string of the molecule is CCOc1ccc(NC(=O)[C@H]2CC(=O)N/C(=N\N=C(\C)c3ccccc3)S2)cc1. The second kappa shape index (κ2) is 9.88. The monoisotopic (exact) mass is 410 g/mol. The number of hydrogen-bond acceptors (Lipinski definition) is 6. The molecule has 1 heterocycles. The standard InChI is InChI=1S/C21H22N4O3S/c1-3-28-17-11-9-16(10-12-17)22-20(27)18-13-19(26)23-21(29-18)25-24-14(2)15-7-5-4-6-8-15/h4-12,18H,3,13H2,1-2H3,(H,22,27)(H,23,25,26)/b24-14-/t18-/m1/s1. The van der Waals surface area contributed by atoms with Crippen molar-refractivity contribution in [3.05, 3.63) is 60.2 Å². The Morgan fingerprint density at radius 1 is 1.21 bits per heavy atom. The van der Waals surface area contributed by atoms with E-state index in [2.05, 4.69) is 20.8 Å². The average molecular weight is 410 g/mol. The van der Waals surface area contributed by atoms with Gasteiger partial charge in [-0.15, -0.1) is 5.10 Å². The number of carbonyl (C=O) groups excluding carboxylic acids is 2. The van der Waals surface area contributed by atoms with Gasteiger partial charge in [0.15, 0.2) is 5.17 Å². The number of carbonyl (C=O) groups is 2. The molecule has 1 atom stereocenters. The van der Waals surface area contributed by atoms with Gasteiger partial charge >= 0.3 is 0 Å². The summed E-state index contributed by atoms with van der Waals surface area (Å²) >= 11 is 1.19. The number of amidine groups is 1. The van der Waals surface area contributed by atoms with Crippen LogP contribution in [0.15, 0.2) is 64.8 Å². The molecule has 29 heavy (non-hydrogen) atoms. The molecule has 2 amide bonds. The molecule has 1 fully saturated rings. The molecule has 2 N–H and O–H groups in total. The Labute approximate surface area is 173 Å². The molecule has 0 bridgehead atoms. The van der Waals surface area contributed by atoms with Crippen molar-refractivity contribution >= 4 is 40.1 Å². The molecule has 3 rings (SSSR count). The normalized spacial score (nSPS) is 18.3. The van der Waals surface area contributed by atoms with Crippen LogP contribution in [-0.2, 0) is 9.59 Å². The van der Waals surface area contributed by atoms with E-state index in [1.165, 1.54) is 11.8 Å². The molecule has 150 valence electrons. The molecule has 0 saturated carbocycles. The molecule has 0 spiro atoms. The van der Waals surface area contributed by atoms with Gasteiger partial charge in [-0.25, -0.2) is 0 Å². The van der Waals surface area contributed by atoms with Crippen LogP contribution < -0.4 is 15.4 Å². The van der Waals surface area contributed by atoms with Crippen LogP contribution in [0.1, 0.15) is 25.8 Å². The van der Waals surface area contributed by atoms with Crippen molar-refractivity contribution in [2.24, 2.45) is 10.2 Å². The summed E-state index contributed by atoms with van der Waals surface area (Å²) < 4.78 is 5.39. The molecule has 2 aromatic rings. The Kier molecular flexibility index (Phi) is 7.02. The Hall–Kier alpha value is -3.13. The van der Waals surface area contributed by atoms with Gasteiger partial charge in [-0.05, 0) is 43.7 Å². The Balaban J connectivity index is 1.65. The predicted octanol–water partition coefficient (Wildman–Crippen LogP) is 3.43. The minimum absolute atomic E-state index is 0.0773. The lowest BCUT2D eigenvalue weighted by molar-refractivity contribution is -0.123. The van der Waals surface area contributed by atoms with E-state index in [4.69, 9.17) is 4.74 Å². The lowest BCUT2D eigenvalue weighted by atomic mass is 10.1. The van der Waals surface area contributed by atoms with Crippen LogP contribution in [0.4, 0.5) is 5.69 Å². The highest BCUT2D eigenvalue weighted by Crippen LogP contribution is 2.23. The van der Waals surface area contributed by atoms with Gasteiger partial charge in [0.25, 0.3) is 0 Å². The first-order valence-electron chi connectivity index (χ1n) is 9.23. The third-order valence-electron chi connectivity index (χ3n) is 4.08. The minimum Gasteiger partial charge on any atom is -0.494 e. The van der Waals surface area contributed by atoms with Crippen molar-refractivity contribution in [3.63, 3.8) is 0 Å². The van der Waals surface area contributed by atoms with E-state index in [1.54, 1.807) is 24.3 Å². The van der Waals surface area contributed by atoms with Crippen LogP contribution in [0.3, 0.4) is 0 Å². The van der Waals surface area contributed by atoms with Crippen LogP contribution in [0.2, 0.25) is 0 Å². The zero-order chi connectivity index (χ0) is 20.6. The Morgan fingerprint density at radius 2 is 1.93 bits per heavy atom. The molecule has 7 nitrogen and oxygen atoms in total. The lowest BCUT2D eigenvalue weighted by Crippen LogP contribution is -2.41. The van der Waals surface area contributed by atoms with Gasteiger partial charge < -0.3 is 15.4 Å². The molecule has 0 radical (unpaired) electrons. The molecule has 0 aromatic heterocycles. The van der Waals surface area contributed by atoms with E-state index in [-0.39, 0.29) is 18.2 Å². The highest BCUT2D eigenvalue weighted by atomic mass is 32.2. The maximum atomic E-state index is 12.6. The summed E-state index contributed by atoms with van der Waals surface area (Å²) in [6, 6.07) is 16.7. The van der Waals surface area contributed by atoms with Crippen molar-refractivity contribution in [1.82, 2.24) is 5.32 Å². The second-order valence-corrected chi connectivity index (χ2v) is 7.45. The average Bonchev–Trinajstić information content (AvgIpc) is 2.74. The number of nitrogens with zero attached hydrogens (tertiary/aromatic N) is 2. The molecular weight excluding hydrogens is 388 g/mol. The van der Waals surface area contributed by atoms with Gasteiger partial charge in [0.05, 0.1) is 12.3 Å². The first-order chi connectivity index (χ1) is 14.0. The van der Waals surface area contributed by atoms with Crippen molar-refractivity contribution in [2.45, 2.75) is 25.5 Å². The number of rotatable bonds is 6. The Bertz CT molecular complexity index is 927. The van der Waals surface area contributed by atoms with Crippen LogP contribution in [0, 0.1) is 0 Å².